The van der Waals surface area contributed by atoms with Gasteiger partial charge in [-0.3, -0.25) is 0 Å². The number of hydrogen-bond acceptors (Lipinski definition) is 6. The molecule has 5 N–H and O–H groups in total. The van der Waals surface area contributed by atoms with Crippen LogP contribution in [0.3, 0.4) is 0 Å². The molecule has 0 heterocycles. The zero-order valence-electron chi connectivity index (χ0n) is 7.30. The molecule has 0 aliphatic heterocycles. The Labute approximate surface area is 79.8 Å². The van der Waals surface area contributed by atoms with Gasteiger partial charge in [0.05, 0.1) is 0 Å². The number of hydrogen-bond donors (Lipinski definition) is 5. The monoisotopic (exact) mass is 200 g/mol. The topological polar surface area (TPSA) is 110 Å². The van der Waals surface area contributed by atoms with Crippen LogP contribution in [0, 0.1) is 6.92 Å². The average Bonchev–Trinajstić information content (AvgIpc) is 2.09. The summed E-state index contributed by atoms with van der Waals surface area (Å²) in [6, 6.07) is 1.12. The molecular weight excluding hydrogens is 191 g/mol. The average molecular weight is 200 g/mol. The van der Waals surface area contributed by atoms with E-state index in [0.717, 1.165) is 6.07 Å². The van der Waals surface area contributed by atoms with E-state index in [4.69, 9.17) is 10.0 Å². The molecule has 0 radical (unpaired) electrons. The summed E-state index contributed by atoms with van der Waals surface area (Å²) >= 11 is 0. The van der Waals surface area contributed by atoms with Gasteiger partial charge >= 0.3 is 7.32 Å². The molecule has 0 amide bonds. The first-order valence-electron chi connectivity index (χ1n) is 3.70. The van der Waals surface area contributed by atoms with Crippen molar-refractivity contribution in [1.29, 1.82) is 0 Å². The van der Waals surface area contributed by atoms with E-state index in [1.54, 1.807) is 0 Å². The van der Waals surface area contributed by atoms with Crippen molar-refractivity contribution in [2.24, 2.45) is 0 Å². The van der Waals surface area contributed by atoms with Gasteiger partial charge in [0.2, 0.25) is 5.75 Å². The van der Waals surface area contributed by atoms with Crippen LogP contribution in [0.25, 0.3) is 0 Å². The minimum absolute atomic E-state index is 0.236. The number of phenolic OH excluding ortho intramolecular Hbond substituents is 3. The van der Waals surface area contributed by atoms with Crippen LogP contribution in [0.1, 0.15) is 5.56 Å². The summed E-state index contributed by atoms with van der Waals surface area (Å²) in [5.41, 5.74) is 0.236. The van der Waals surface area contributed by atoms with E-state index >= 15 is 0 Å². The molecule has 76 valence electrons. The highest BCUT2D eigenvalue weighted by Gasteiger charge is 2.21. The van der Waals surface area contributed by atoms with E-state index in [9.17, 15) is 15.3 Å². The Morgan fingerprint density at radius 2 is 1.71 bits per heavy atom. The van der Waals surface area contributed by atoms with Crippen molar-refractivity contribution in [3.05, 3.63) is 11.6 Å². The zero-order valence-corrected chi connectivity index (χ0v) is 7.30. The van der Waals surface area contributed by atoms with Crippen LogP contribution in [0.2, 0.25) is 0 Å². The van der Waals surface area contributed by atoms with E-state index in [1.165, 1.54) is 6.92 Å². The van der Waals surface area contributed by atoms with Crippen LogP contribution in [0.5, 0.6) is 23.0 Å². The highest BCUT2D eigenvalue weighted by molar-refractivity contribution is 6.34. The minimum atomic E-state index is -2.19. The molecule has 0 atom stereocenters. The first-order chi connectivity index (χ1) is 6.43. The molecule has 7 heteroatoms. The Morgan fingerprint density at radius 1 is 1.14 bits per heavy atom. The van der Waals surface area contributed by atoms with Gasteiger partial charge in [-0.25, -0.2) is 0 Å². The van der Waals surface area contributed by atoms with Crippen molar-refractivity contribution in [2.45, 2.75) is 6.92 Å². The van der Waals surface area contributed by atoms with Crippen LogP contribution in [-0.4, -0.2) is 32.7 Å². The van der Waals surface area contributed by atoms with Crippen molar-refractivity contribution in [2.75, 3.05) is 0 Å². The summed E-state index contributed by atoms with van der Waals surface area (Å²) in [6.07, 6.45) is 0. The molecule has 1 aromatic carbocycles. The molecule has 0 aliphatic carbocycles. The quantitative estimate of drug-likeness (QED) is 0.249. The fourth-order valence-corrected chi connectivity index (χ4v) is 0.976. The highest BCUT2D eigenvalue weighted by Crippen LogP contribution is 2.44. The van der Waals surface area contributed by atoms with Crippen LogP contribution in [-0.2, 0) is 0 Å². The highest BCUT2D eigenvalue weighted by atomic mass is 16.6. The molecule has 0 aliphatic rings. The fraction of sp³-hybridized carbons (Fsp3) is 0.143. The zero-order chi connectivity index (χ0) is 10.9. The summed E-state index contributed by atoms with van der Waals surface area (Å²) in [5.74, 6) is -2.30. The SMILES string of the molecule is Cc1cc(O)c(OB(O)O)c(O)c1O. The predicted molar refractivity (Wildman–Crippen MR) is 47.0 cm³/mol. The lowest BCUT2D eigenvalue weighted by molar-refractivity contribution is 0.270. The van der Waals surface area contributed by atoms with Gasteiger partial charge in [0, 0.05) is 0 Å². The first-order valence-corrected chi connectivity index (χ1v) is 3.70. The number of aromatic hydroxyl groups is 3. The molecule has 0 fully saturated rings. The van der Waals surface area contributed by atoms with E-state index in [2.05, 4.69) is 4.65 Å². The van der Waals surface area contributed by atoms with Crippen molar-refractivity contribution in [1.82, 2.24) is 0 Å². The van der Waals surface area contributed by atoms with Gasteiger partial charge in [-0.1, -0.05) is 0 Å². The maximum Gasteiger partial charge on any atom is 0.707 e. The van der Waals surface area contributed by atoms with Crippen LogP contribution < -0.4 is 4.65 Å². The van der Waals surface area contributed by atoms with Gasteiger partial charge in [-0.05, 0) is 18.6 Å². The Balaban J connectivity index is 3.22. The van der Waals surface area contributed by atoms with Gasteiger partial charge in [0.15, 0.2) is 17.2 Å². The molecule has 14 heavy (non-hydrogen) atoms. The molecule has 0 bridgehead atoms. The van der Waals surface area contributed by atoms with Crippen molar-refractivity contribution < 1.29 is 30.0 Å². The van der Waals surface area contributed by atoms with E-state index < -0.39 is 30.3 Å². The van der Waals surface area contributed by atoms with Crippen molar-refractivity contribution >= 4 is 7.32 Å². The molecule has 0 saturated carbocycles. The maximum absolute atomic E-state index is 9.25. The van der Waals surface area contributed by atoms with E-state index in [1.807, 2.05) is 0 Å². The second kappa shape index (κ2) is 3.65. The summed E-state index contributed by atoms with van der Waals surface area (Å²) < 4.78 is 4.26. The summed E-state index contributed by atoms with van der Waals surface area (Å²) in [6.45, 7) is 1.45. The largest absolute Gasteiger partial charge is 0.707 e. The summed E-state index contributed by atoms with van der Waals surface area (Å²) in [7, 11) is -2.19. The third kappa shape index (κ3) is 1.83. The van der Waals surface area contributed by atoms with Crippen LogP contribution in [0.15, 0.2) is 6.07 Å². The van der Waals surface area contributed by atoms with Crippen LogP contribution >= 0.6 is 0 Å². The molecule has 1 rings (SSSR count). The lowest BCUT2D eigenvalue weighted by Crippen LogP contribution is -2.20. The Kier molecular flexibility index (Phi) is 2.73. The van der Waals surface area contributed by atoms with Gasteiger partial charge in [-0.2, -0.15) is 0 Å². The molecule has 0 aromatic heterocycles. The molecule has 1 aromatic rings. The van der Waals surface area contributed by atoms with Crippen molar-refractivity contribution in [3.8, 4) is 23.0 Å². The Bertz CT molecular complexity index is 351. The third-order valence-electron chi connectivity index (χ3n) is 1.62. The second-order valence-electron chi connectivity index (χ2n) is 2.68. The Morgan fingerprint density at radius 3 is 2.21 bits per heavy atom. The summed E-state index contributed by atoms with van der Waals surface area (Å²) in [4.78, 5) is 0. The molecule has 6 nitrogen and oxygen atoms in total. The lowest BCUT2D eigenvalue weighted by Gasteiger charge is -2.11. The maximum atomic E-state index is 9.25. The predicted octanol–water partition coefficient (Wildman–Crippen LogP) is -0.540. The standard InChI is InChI=1S/C7H9BO6/c1-3-2-4(9)7(14-8(12)13)6(11)5(3)10/h2,9-13H,1H3. The molecule has 0 spiro atoms. The molecular formula is C7H9BO6. The van der Waals surface area contributed by atoms with Gasteiger partial charge in [-0.15, -0.1) is 0 Å². The Hall–Kier alpha value is -1.60. The number of rotatable bonds is 2. The van der Waals surface area contributed by atoms with Gasteiger partial charge in [0.1, 0.15) is 0 Å². The van der Waals surface area contributed by atoms with Gasteiger partial charge < -0.3 is 30.0 Å². The second-order valence-corrected chi connectivity index (χ2v) is 2.68. The first kappa shape index (κ1) is 10.5. The number of benzene rings is 1. The minimum Gasteiger partial charge on any atom is -0.506 e. The molecule has 0 saturated heterocycles. The smallest absolute Gasteiger partial charge is 0.506 e. The van der Waals surface area contributed by atoms with E-state index in [0.29, 0.717) is 0 Å². The van der Waals surface area contributed by atoms with Crippen LogP contribution in [0.4, 0.5) is 0 Å². The lowest BCUT2D eigenvalue weighted by atomic mass is 10.1. The van der Waals surface area contributed by atoms with E-state index in [-0.39, 0.29) is 5.56 Å². The summed E-state index contributed by atoms with van der Waals surface area (Å²) in [5, 5.41) is 44.6. The normalized spacial score (nSPS) is 9.93. The number of phenols is 3. The molecule has 0 unspecified atom stereocenters. The fourth-order valence-electron chi connectivity index (χ4n) is 0.976. The number of aryl methyl sites for hydroxylation is 1. The van der Waals surface area contributed by atoms with Gasteiger partial charge in [0.25, 0.3) is 0 Å². The van der Waals surface area contributed by atoms with Crippen molar-refractivity contribution in [3.63, 3.8) is 0 Å². The third-order valence-corrected chi connectivity index (χ3v) is 1.62.